The van der Waals surface area contributed by atoms with E-state index in [-0.39, 0.29) is 11.7 Å². The summed E-state index contributed by atoms with van der Waals surface area (Å²) in [6.07, 6.45) is 11.6. The molecule has 1 aromatic rings. The van der Waals surface area contributed by atoms with E-state index < -0.39 is 0 Å². The van der Waals surface area contributed by atoms with Crippen LogP contribution in [0.5, 0.6) is 5.75 Å². The lowest BCUT2D eigenvalue weighted by Crippen LogP contribution is -2.25. The molecule has 0 saturated heterocycles. The number of nitrogens with one attached hydrogen (secondary N) is 1. The van der Waals surface area contributed by atoms with Crippen LogP contribution in [0.2, 0.25) is 0 Å². The van der Waals surface area contributed by atoms with E-state index in [0.717, 1.165) is 44.1 Å². The molecular weight excluding hydrogens is 310 g/mol. The number of rotatable bonds is 12. The molecule has 0 radical (unpaired) electrons. The van der Waals surface area contributed by atoms with Crippen molar-refractivity contribution in [1.29, 1.82) is 0 Å². The smallest absolute Gasteiger partial charge is 0.220 e. The van der Waals surface area contributed by atoms with E-state index in [1.807, 2.05) is 12.1 Å². The molecule has 1 aromatic carbocycles. The van der Waals surface area contributed by atoms with Crippen LogP contribution in [0.4, 0.5) is 0 Å². The topological polar surface area (TPSA) is 49.3 Å². The van der Waals surface area contributed by atoms with Crippen LogP contribution < -0.4 is 5.32 Å². The molecule has 0 aliphatic carbocycles. The fourth-order valence-electron chi connectivity index (χ4n) is 2.59. The second kappa shape index (κ2) is 14.4. The number of carbonyl (C=O) groups excluding carboxylic acids is 1. The molecule has 0 saturated carbocycles. The molecule has 0 spiro atoms. The zero-order valence-corrected chi connectivity index (χ0v) is 15.7. The van der Waals surface area contributed by atoms with Gasteiger partial charge in [0.2, 0.25) is 5.91 Å². The Morgan fingerprint density at radius 2 is 1.60 bits per heavy atom. The summed E-state index contributed by atoms with van der Waals surface area (Å²) in [5.41, 5.74) is 1.12. The van der Waals surface area contributed by atoms with Crippen molar-refractivity contribution in [2.75, 3.05) is 6.54 Å². The van der Waals surface area contributed by atoms with Gasteiger partial charge in [-0.1, -0.05) is 44.7 Å². The van der Waals surface area contributed by atoms with Gasteiger partial charge in [0.25, 0.3) is 0 Å². The van der Waals surface area contributed by atoms with Crippen LogP contribution in [-0.4, -0.2) is 17.6 Å². The van der Waals surface area contributed by atoms with Crippen molar-refractivity contribution in [1.82, 2.24) is 5.32 Å². The van der Waals surface area contributed by atoms with E-state index in [1.54, 1.807) is 12.1 Å². The van der Waals surface area contributed by atoms with E-state index >= 15 is 0 Å². The van der Waals surface area contributed by atoms with Crippen molar-refractivity contribution >= 4 is 5.91 Å². The highest BCUT2D eigenvalue weighted by molar-refractivity contribution is 5.75. The van der Waals surface area contributed by atoms with Crippen molar-refractivity contribution in [3.63, 3.8) is 0 Å². The molecule has 138 valence electrons. The van der Waals surface area contributed by atoms with Gasteiger partial charge < -0.3 is 10.4 Å². The Hall–Kier alpha value is -1.95. The lowest BCUT2D eigenvalue weighted by atomic mass is 10.1. The SMILES string of the molecule is CCCCCCC#CCCCCCC(=O)NCCc1ccc(O)cc1. The molecule has 2 N–H and O–H groups in total. The van der Waals surface area contributed by atoms with E-state index in [4.69, 9.17) is 0 Å². The second-order valence-corrected chi connectivity index (χ2v) is 6.49. The molecule has 0 aliphatic rings. The summed E-state index contributed by atoms with van der Waals surface area (Å²) in [7, 11) is 0. The summed E-state index contributed by atoms with van der Waals surface area (Å²) in [6.45, 7) is 2.87. The molecule has 1 amide bonds. The van der Waals surface area contributed by atoms with Gasteiger partial charge in [0.1, 0.15) is 5.75 Å². The van der Waals surface area contributed by atoms with Crippen LogP contribution in [0.15, 0.2) is 24.3 Å². The van der Waals surface area contributed by atoms with Crippen LogP contribution >= 0.6 is 0 Å². The molecule has 1 rings (SSSR count). The third-order valence-corrected chi connectivity index (χ3v) is 4.16. The molecular formula is C22H33NO2. The van der Waals surface area contributed by atoms with Gasteiger partial charge in [-0.15, -0.1) is 11.8 Å². The molecule has 0 unspecified atom stereocenters. The number of hydrogen-bond donors (Lipinski definition) is 2. The minimum atomic E-state index is 0.126. The van der Waals surface area contributed by atoms with Crippen molar-refractivity contribution < 1.29 is 9.90 Å². The standard InChI is InChI=1S/C22H33NO2/c1-2-3-4-5-6-7-8-9-10-11-12-13-22(25)23-19-18-20-14-16-21(24)17-15-20/h14-17,24H,2-6,9-13,18-19H2,1H3,(H,23,25). The van der Waals surface area contributed by atoms with Crippen LogP contribution in [0.25, 0.3) is 0 Å². The Bertz CT molecular complexity index is 525. The number of hydrogen-bond acceptors (Lipinski definition) is 2. The third-order valence-electron chi connectivity index (χ3n) is 4.16. The quantitative estimate of drug-likeness (QED) is 0.415. The van der Waals surface area contributed by atoms with E-state index in [9.17, 15) is 9.90 Å². The van der Waals surface area contributed by atoms with Gasteiger partial charge in [-0.3, -0.25) is 4.79 Å². The normalized spacial score (nSPS) is 10.1. The summed E-state index contributed by atoms with van der Waals surface area (Å²) in [5, 5.41) is 12.2. The minimum absolute atomic E-state index is 0.126. The lowest BCUT2D eigenvalue weighted by Gasteiger charge is -2.05. The first-order valence-corrected chi connectivity index (χ1v) is 9.72. The minimum Gasteiger partial charge on any atom is -0.508 e. The fraction of sp³-hybridized carbons (Fsp3) is 0.591. The predicted octanol–water partition coefficient (Wildman–Crippen LogP) is 4.98. The number of amides is 1. The molecule has 25 heavy (non-hydrogen) atoms. The van der Waals surface area contributed by atoms with Gasteiger partial charge in [-0.05, 0) is 43.4 Å². The van der Waals surface area contributed by atoms with E-state index in [0.29, 0.717) is 13.0 Å². The highest BCUT2D eigenvalue weighted by Gasteiger charge is 2.01. The van der Waals surface area contributed by atoms with Gasteiger partial charge in [0.15, 0.2) is 0 Å². The maximum Gasteiger partial charge on any atom is 0.220 e. The summed E-state index contributed by atoms with van der Waals surface area (Å²) < 4.78 is 0. The van der Waals surface area contributed by atoms with E-state index in [2.05, 4.69) is 24.1 Å². The fourth-order valence-corrected chi connectivity index (χ4v) is 2.59. The zero-order valence-electron chi connectivity index (χ0n) is 15.7. The monoisotopic (exact) mass is 343 g/mol. The maximum atomic E-state index is 11.8. The number of aromatic hydroxyl groups is 1. The lowest BCUT2D eigenvalue weighted by molar-refractivity contribution is -0.121. The van der Waals surface area contributed by atoms with Gasteiger partial charge in [-0.25, -0.2) is 0 Å². The maximum absolute atomic E-state index is 11.8. The van der Waals surface area contributed by atoms with Gasteiger partial charge in [0, 0.05) is 25.8 Å². The molecule has 3 heteroatoms. The van der Waals surface area contributed by atoms with Crippen LogP contribution in [0, 0.1) is 11.8 Å². The number of phenols is 1. The highest BCUT2D eigenvalue weighted by Crippen LogP contribution is 2.09. The predicted molar refractivity (Wildman–Crippen MR) is 104 cm³/mol. The van der Waals surface area contributed by atoms with Gasteiger partial charge in [-0.2, -0.15) is 0 Å². The largest absolute Gasteiger partial charge is 0.508 e. The Balaban J connectivity index is 1.93. The molecule has 3 nitrogen and oxygen atoms in total. The summed E-state index contributed by atoms with van der Waals surface area (Å²) >= 11 is 0. The molecule has 0 bridgehead atoms. The Kier molecular flexibility index (Phi) is 12.1. The Labute approximate surface area is 153 Å². The average molecular weight is 344 g/mol. The molecule has 0 aromatic heterocycles. The molecule has 0 aliphatic heterocycles. The van der Waals surface area contributed by atoms with Crippen molar-refractivity contribution in [3.8, 4) is 17.6 Å². The Morgan fingerprint density at radius 3 is 2.24 bits per heavy atom. The summed E-state index contributed by atoms with van der Waals surface area (Å²) in [5.74, 6) is 6.88. The first-order valence-electron chi connectivity index (χ1n) is 9.72. The number of unbranched alkanes of at least 4 members (excludes halogenated alkanes) is 7. The first kappa shape index (κ1) is 21.1. The third kappa shape index (κ3) is 12.1. The molecule has 0 atom stereocenters. The first-order chi connectivity index (χ1) is 12.2. The summed E-state index contributed by atoms with van der Waals surface area (Å²) in [4.78, 5) is 11.8. The molecule has 0 heterocycles. The van der Waals surface area contributed by atoms with Crippen LogP contribution in [-0.2, 0) is 11.2 Å². The second-order valence-electron chi connectivity index (χ2n) is 6.49. The van der Waals surface area contributed by atoms with Crippen molar-refractivity contribution in [2.24, 2.45) is 0 Å². The Morgan fingerprint density at radius 1 is 0.960 bits per heavy atom. The van der Waals surface area contributed by atoms with Crippen molar-refractivity contribution in [3.05, 3.63) is 29.8 Å². The van der Waals surface area contributed by atoms with Crippen LogP contribution in [0.1, 0.15) is 76.7 Å². The van der Waals surface area contributed by atoms with Gasteiger partial charge >= 0.3 is 0 Å². The van der Waals surface area contributed by atoms with Crippen molar-refractivity contribution in [2.45, 2.75) is 77.6 Å². The highest BCUT2D eigenvalue weighted by atomic mass is 16.3. The zero-order chi connectivity index (χ0) is 18.2. The number of benzene rings is 1. The average Bonchev–Trinajstić information content (AvgIpc) is 2.61. The molecule has 0 fully saturated rings. The summed E-state index contributed by atoms with van der Waals surface area (Å²) in [6, 6.07) is 7.11. The van der Waals surface area contributed by atoms with Crippen LogP contribution in [0.3, 0.4) is 0 Å². The number of phenolic OH excluding ortho intramolecular Hbond substituents is 1. The van der Waals surface area contributed by atoms with E-state index in [1.165, 1.54) is 25.7 Å². The number of carbonyl (C=O) groups is 1. The van der Waals surface area contributed by atoms with Gasteiger partial charge in [0.05, 0.1) is 0 Å².